The van der Waals surface area contributed by atoms with Crippen molar-refractivity contribution < 1.29 is 4.74 Å². The van der Waals surface area contributed by atoms with E-state index in [2.05, 4.69) is 57.7 Å². The molecule has 1 aromatic heterocycles. The lowest BCUT2D eigenvalue weighted by atomic mass is 10.1. The van der Waals surface area contributed by atoms with Crippen molar-refractivity contribution in [3.05, 3.63) is 66.5 Å². The molecule has 4 rings (SSSR count). The van der Waals surface area contributed by atoms with Gasteiger partial charge in [0.15, 0.2) is 0 Å². The molecule has 3 aromatic rings. The quantitative estimate of drug-likeness (QED) is 0.720. The molecule has 4 nitrogen and oxygen atoms in total. The largest absolute Gasteiger partial charge is 0.494 e. The summed E-state index contributed by atoms with van der Waals surface area (Å²) < 4.78 is 5.62. The van der Waals surface area contributed by atoms with Crippen LogP contribution in [0.25, 0.3) is 10.8 Å². The minimum Gasteiger partial charge on any atom is -0.494 e. The maximum absolute atomic E-state index is 5.62. The normalized spacial score (nSPS) is 17.5. The van der Waals surface area contributed by atoms with Crippen molar-refractivity contribution in [1.29, 1.82) is 0 Å². The summed E-state index contributed by atoms with van der Waals surface area (Å²) in [6.07, 6.45) is 4.94. The van der Waals surface area contributed by atoms with E-state index in [1.54, 1.807) is 0 Å². The summed E-state index contributed by atoms with van der Waals surface area (Å²) in [4.78, 5) is 6.73. The van der Waals surface area contributed by atoms with Crippen LogP contribution in [0.1, 0.15) is 18.9 Å². The van der Waals surface area contributed by atoms with E-state index in [1.165, 1.54) is 22.0 Å². The molecular weight excluding hydrogens is 322 g/mol. The van der Waals surface area contributed by atoms with Gasteiger partial charge in [0.25, 0.3) is 0 Å². The van der Waals surface area contributed by atoms with E-state index in [-0.39, 0.29) is 0 Å². The third-order valence-electron chi connectivity index (χ3n) is 4.93. The molecule has 1 N–H and O–H groups in total. The fourth-order valence-electron chi connectivity index (χ4n) is 3.72. The van der Waals surface area contributed by atoms with Crippen LogP contribution < -0.4 is 10.1 Å². The maximum Gasteiger partial charge on any atom is 0.119 e. The van der Waals surface area contributed by atoms with Gasteiger partial charge in [0, 0.05) is 54.5 Å². The predicted molar refractivity (Wildman–Crippen MR) is 107 cm³/mol. The minimum atomic E-state index is 0.476. The van der Waals surface area contributed by atoms with Crippen molar-refractivity contribution in [2.24, 2.45) is 0 Å². The Morgan fingerprint density at radius 1 is 1.19 bits per heavy atom. The Bertz CT molecular complexity index is 875. The Labute approximate surface area is 154 Å². The molecule has 1 aliphatic heterocycles. The number of fused-ring (bicyclic) bond motifs is 1. The van der Waals surface area contributed by atoms with E-state index in [0.717, 1.165) is 31.8 Å². The molecule has 0 saturated carbocycles. The van der Waals surface area contributed by atoms with E-state index in [0.29, 0.717) is 12.6 Å². The number of benzene rings is 2. The number of aromatic nitrogens is 1. The number of anilines is 1. The fourth-order valence-corrected chi connectivity index (χ4v) is 3.72. The summed E-state index contributed by atoms with van der Waals surface area (Å²) in [7, 11) is 0. The van der Waals surface area contributed by atoms with Gasteiger partial charge in [-0.05, 0) is 43.2 Å². The van der Waals surface area contributed by atoms with Crippen molar-refractivity contribution in [3.8, 4) is 5.75 Å². The first-order valence-electron chi connectivity index (χ1n) is 9.35. The summed E-state index contributed by atoms with van der Waals surface area (Å²) in [5, 5.41) is 6.16. The molecule has 1 saturated heterocycles. The Morgan fingerprint density at radius 3 is 3.04 bits per heavy atom. The smallest absolute Gasteiger partial charge is 0.119 e. The molecule has 0 bridgehead atoms. The number of pyridine rings is 1. The zero-order valence-corrected chi connectivity index (χ0v) is 15.2. The Hall–Kier alpha value is -2.59. The molecule has 0 unspecified atom stereocenters. The van der Waals surface area contributed by atoms with Gasteiger partial charge in [0.05, 0.1) is 6.61 Å². The zero-order chi connectivity index (χ0) is 17.8. The third kappa shape index (κ3) is 3.81. The molecule has 1 fully saturated rings. The van der Waals surface area contributed by atoms with Gasteiger partial charge in [0.2, 0.25) is 0 Å². The van der Waals surface area contributed by atoms with Gasteiger partial charge in [0.1, 0.15) is 5.75 Å². The lowest BCUT2D eigenvalue weighted by Crippen LogP contribution is -2.26. The van der Waals surface area contributed by atoms with Gasteiger partial charge in [-0.1, -0.05) is 24.3 Å². The van der Waals surface area contributed by atoms with Crippen molar-refractivity contribution in [3.63, 3.8) is 0 Å². The lowest BCUT2D eigenvalue weighted by Gasteiger charge is -2.18. The summed E-state index contributed by atoms with van der Waals surface area (Å²) in [6.45, 7) is 5.87. The second kappa shape index (κ2) is 7.75. The standard InChI is InChI=1S/C22H25N3O/c1-2-26-20-7-3-5-17(13-20)15-25-12-10-19(16-25)24-22-8-4-6-18-14-23-11-9-21(18)22/h3-9,11,13-14,19,24H,2,10,12,15-16H2,1H3/t19-/m0/s1. The predicted octanol–water partition coefficient (Wildman–Crippen LogP) is 4.32. The second-order valence-corrected chi connectivity index (χ2v) is 6.85. The van der Waals surface area contributed by atoms with Crippen LogP contribution in [-0.2, 0) is 6.54 Å². The number of likely N-dealkylation sites (tertiary alicyclic amines) is 1. The van der Waals surface area contributed by atoms with Crippen LogP contribution in [-0.4, -0.2) is 35.6 Å². The highest BCUT2D eigenvalue weighted by atomic mass is 16.5. The Balaban J connectivity index is 1.40. The van der Waals surface area contributed by atoms with Crippen molar-refractivity contribution in [2.75, 3.05) is 25.0 Å². The maximum atomic E-state index is 5.62. The number of hydrogen-bond acceptors (Lipinski definition) is 4. The fraction of sp³-hybridized carbons (Fsp3) is 0.318. The minimum absolute atomic E-state index is 0.476. The molecule has 0 radical (unpaired) electrons. The van der Waals surface area contributed by atoms with Crippen LogP contribution in [0, 0.1) is 0 Å². The third-order valence-corrected chi connectivity index (χ3v) is 4.93. The van der Waals surface area contributed by atoms with E-state index in [1.807, 2.05) is 25.4 Å². The zero-order valence-electron chi connectivity index (χ0n) is 15.2. The molecule has 0 spiro atoms. The summed E-state index contributed by atoms with van der Waals surface area (Å²) in [5.41, 5.74) is 2.52. The van der Waals surface area contributed by atoms with E-state index in [9.17, 15) is 0 Å². The van der Waals surface area contributed by atoms with E-state index in [4.69, 9.17) is 4.74 Å². The van der Waals surface area contributed by atoms with Gasteiger partial charge < -0.3 is 10.1 Å². The summed E-state index contributed by atoms with van der Waals surface area (Å²) in [5.74, 6) is 0.961. The van der Waals surface area contributed by atoms with Crippen LogP contribution in [0.4, 0.5) is 5.69 Å². The molecule has 1 aliphatic rings. The van der Waals surface area contributed by atoms with Gasteiger partial charge in [-0.3, -0.25) is 9.88 Å². The molecule has 2 heterocycles. The summed E-state index contributed by atoms with van der Waals surface area (Å²) >= 11 is 0. The summed E-state index contributed by atoms with van der Waals surface area (Å²) in [6, 6.07) is 17.4. The first kappa shape index (κ1) is 16.9. The van der Waals surface area contributed by atoms with Crippen molar-refractivity contribution in [1.82, 2.24) is 9.88 Å². The highest BCUT2D eigenvalue weighted by Crippen LogP contribution is 2.25. The molecule has 1 atom stereocenters. The van der Waals surface area contributed by atoms with Crippen LogP contribution in [0.15, 0.2) is 60.9 Å². The molecule has 0 amide bonds. The number of rotatable bonds is 6. The van der Waals surface area contributed by atoms with Gasteiger partial charge in [-0.2, -0.15) is 0 Å². The van der Waals surface area contributed by atoms with Crippen molar-refractivity contribution in [2.45, 2.75) is 25.9 Å². The molecule has 2 aromatic carbocycles. The lowest BCUT2D eigenvalue weighted by molar-refractivity contribution is 0.323. The average molecular weight is 347 g/mol. The molecule has 0 aliphatic carbocycles. The molecule has 4 heteroatoms. The van der Waals surface area contributed by atoms with E-state index < -0.39 is 0 Å². The Kier molecular flexibility index (Phi) is 5.02. The van der Waals surface area contributed by atoms with Crippen LogP contribution in [0.5, 0.6) is 5.75 Å². The van der Waals surface area contributed by atoms with Gasteiger partial charge >= 0.3 is 0 Å². The van der Waals surface area contributed by atoms with E-state index >= 15 is 0 Å². The monoisotopic (exact) mass is 347 g/mol. The van der Waals surface area contributed by atoms with Gasteiger partial charge in [-0.25, -0.2) is 0 Å². The van der Waals surface area contributed by atoms with Crippen LogP contribution >= 0.6 is 0 Å². The molecular formula is C22H25N3O. The first-order valence-corrected chi connectivity index (χ1v) is 9.35. The highest BCUT2D eigenvalue weighted by Gasteiger charge is 2.22. The van der Waals surface area contributed by atoms with Crippen molar-refractivity contribution >= 4 is 16.5 Å². The number of hydrogen-bond donors (Lipinski definition) is 1. The molecule has 134 valence electrons. The average Bonchev–Trinajstić information content (AvgIpc) is 3.09. The highest BCUT2D eigenvalue weighted by molar-refractivity contribution is 5.93. The number of ether oxygens (including phenoxy) is 1. The van der Waals surface area contributed by atoms with Crippen LogP contribution in [0.3, 0.4) is 0 Å². The number of nitrogens with zero attached hydrogens (tertiary/aromatic N) is 2. The topological polar surface area (TPSA) is 37.4 Å². The Morgan fingerprint density at radius 2 is 2.12 bits per heavy atom. The first-order chi connectivity index (χ1) is 12.8. The SMILES string of the molecule is CCOc1cccc(CN2CC[C@H](Nc3cccc4cnccc34)C2)c1. The number of nitrogens with one attached hydrogen (secondary N) is 1. The molecule has 26 heavy (non-hydrogen) atoms. The van der Waals surface area contributed by atoms with Crippen LogP contribution in [0.2, 0.25) is 0 Å². The van der Waals surface area contributed by atoms with Gasteiger partial charge in [-0.15, -0.1) is 0 Å². The second-order valence-electron chi connectivity index (χ2n) is 6.85.